The van der Waals surface area contributed by atoms with Crippen molar-refractivity contribution >= 4 is 0 Å². The van der Waals surface area contributed by atoms with E-state index in [1.54, 1.807) is 6.07 Å². The Bertz CT molecular complexity index is 473. The molecule has 2 rings (SSSR count). The van der Waals surface area contributed by atoms with Gasteiger partial charge in [-0.25, -0.2) is 4.39 Å². The quantitative estimate of drug-likeness (QED) is 0.790. The fourth-order valence-electron chi connectivity index (χ4n) is 1.64. The zero-order valence-corrected chi connectivity index (χ0v) is 10.1. The van der Waals surface area contributed by atoms with Crippen molar-refractivity contribution in [2.45, 2.75) is 6.54 Å². The van der Waals surface area contributed by atoms with Crippen LogP contribution >= 0.6 is 0 Å². The molecule has 0 atom stereocenters. The molecule has 0 heterocycles. The molecule has 0 unspecified atom stereocenters. The highest BCUT2D eigenvalue weighted by atomic mass is 19.1. The summed E-state index contributed by atoms with van der Waals surface area (Å²) in [7, 11) is 0. The zero-order chi connectivity index (χ0) is 12.6. The molecule has 0 fully saturated rings. The Morgan fingerprint density at radius 1 is 1.00 bits per heavy atom. The van der Waals surface area contributed by atoms with Crippen molar-refractivity contribution in [2.24, 2.45) is 0 Å². The number of ether oxygens (including phenoxy) is 1. The molecule has 0 saturated heterocycles. The normalized spacial score (nSPS) is 10.3. The first-order valence-corrected chi connectivity index (χ1v) is 5.97. The Morgan fingerprint density at radius 2 is 1.83 bits per heavy atom. The number of rotatable bonds is 6. The van der Waals surface area contributed by atoms with Gasteiger partial charge in [0.15, 0.2) is 0 Å². The Labute approximate surface area is 106 Å². The summed E-state index contributed by atoms with van der Waals surface area (Å²) in [5.74, 6) is 0.667. The van der Waals surface area contributed by atoms with Gasteiger partial charge in [0.05, 0.1) is 0 Å². The van der Waals surface area contributed by atoms with E-state index in [1.807, 2.05) is 36.4 Å². The fraction of sp³-hybridized carbons (Fsp3) is 0.200. The molecule has 3 heteroatoms. The number of para-hydroxylation sites is 1. The molecule has 0 saturated carbocycles. The van der Waals surface area contributed by atoms with E-state index in [4.69, 9.17) is 4.74 Å². The molecule has 94 valence electrons. The van der Waals surface area contributed by atoms with Crippen molar-refractivity contribution in [2.75, 3.05) is 13.2 Å². The van der Waals surface area contributed by atoms with Crippen LogP contribution in [-0.4, -0.2) is 13.2 Å². The summed E-state index contributed by atoms with van der Waals surface area (Å²) >= 11 is 0. The van der Waals surface area contributed by atoms with E-state index in [0.717, 1.165) is 17.9 Å². The topological polar surface area (TPSA) is 21.3 Å². The van der Waals surface area contributed by atoms with Crippen molar-refractivity contribution in [3.05, 3.63) is 66.0 Å². The summed E-state index contributed by atoms with van der Waals surface area (Å²) in [6.07, 6.45) is 0. The third kappa shape index (κ3) is 4.18. The average Bonchev–Trinajstić information content (AvgIpc) is 2.40. The van der Waals surface area contributed by atoms with Crippen LogP contribution in [0.15, 0.2) is 54.6 Å². The average molecular weight is 245 g/mol. The minimum atomic E-state index is -0.199. The summed E-state index contributed by atoms with van der Waals surface area (Å²) in [6.45, 7) is 1.97. The molecule has 0 aliphatic carbocycles. The number of nitrogens with one attached hydrogen (secondary N) is 1. The second-order valence-corrected chi connectivity index (χ2v) is 3.97. The molecule has 1 N–H and O–H groups in total. The van der Waals surface area contributed by atoms with Crippen molar-refractivity contribution in [3.63, 3.8) is 0 Å². The van der Waals surface area contributed by atoms with Gasteiger partial charge in [-0.05, 0) is 29.8 Å². The zero-order valence-electron chi connectivity index (χ0n) is 10.1. The van der Waals surface area contributed by atoms with Gasteiger partial charge in [-0.3, -0.25) is 0 Å². The van der Waals surface area contributed by atoms with E-state index in [9.17, 15) is 4.39 Å². The maximum atomic E-state index is 12.9. The Kier molecular flexibility index (Phi) is 4.73. The lowest BCUT2D eigenvalue weighted by Gasteiger charge is -2.07. The molecule has 2 nitrogen and oxygen atoms in total. The van der Waals surface area contributed by atoms with Crippen molar-refractivity contribution in [1.29, 1.82) is 0 Å². The Morgan fingerprint density at radius 3 is 2.61 bits per heavy atom. The summed E-state index contributed by atoms with van der Waals surface area (Å²) in [4.78, 5) is 0. The van der Waals surface area contributed by atoms with Crippen molar-refractivity contribution < 1.29 is 9.13 Å². The molecule has 0 aromatic heterocycles. The van der Waals surface area contributed by atoms with Crippen LogP contribution < -0.4 is 10.1 Å². The van der Waals surface area contributed by atoms with Crippen LogP contribution in [0.25, 0.3) is 0 Å². The van der Waals surface area contributed by atoms with E-state index >= 15 is 0 Å². The number of hydrogen-bond donors (Lipinski definition) is 1. The van der Waals surface area contributed by atoms with Crippen molar-refractivity contribution in [1.82, 2.24) is 5.32 Å². The second-order valence-electron chi connectivity index (χ2n) is 3.97. The summed E-state index contributed by atoms with van der Waals surface area (Å²) in [5.41, 5.74) is 0.940. The summed E-state index contributed by atoms with van der Waals surface area (Å²) < 4.78 is 18.4. The van der Waals surface area contributed by atoms with Gasteiger partial charge in [0.1, 0.15) is 18.2 Å². The van der Waals surface area contributed by atoms with Crippen LogP contribution in [-0.2, 0) is 6.54 Å². The van der Waals surface area contributed by atoms with Gasteiger partial charge in [0.2, 0.25) is 0 Å². The van der Waals surface area contributed by atoms with Gasteiger partial charge >= 0.3 is 0 Å². The van der Waals surface area contributed by atoms with E-state index in [0.29, 0.717) is 13.2 Å². The van der Waals surface area contributed by atoms with Crippen LogP contribution in [0.1, 0.15) is 5.56 Å². The Hall–Kier alpha value is -1.87. The highest BCUT2D eigenvalue weighted by Gasteiger charge is 1.95. The standard InChI is InChI=1S/C15H16FNO/c16-14-6-4-5-13(11-14)12-17-9-10-18-15-7-2-1-3-8-15/h1-8,11,17H,9-10,12H2. The maximum Gasteiger partial charge on any atom is 0.123 e. The SMILES string of the molecule is Fc1cccc(CNCCOc2ccccc2)c1. The largest absolute Gasteiger partial charge is 0.492 e. The molecule has 0 radical (unpaired) electrons. The highest BCUT2D eigenvalue weighted by molar-refractivity contribution is 5.20. The van der Waals surface area contributed by atoms with E-state index in [2.05, 4.69) is 5.32 Å². The predicted molar refractivity (Wildman–Crippen MR) is 70.0 cm³/mol. The lowest BCUT2D eigenvalue weighted by Crippen LogP contribution is -2.20. The van der Waals surface area contributed by atoms with Gasteiger partial charge in [-0.1, -0.05) is 30.3 Å². The predicted octanol–water partition coefficient (Wildman–Crippen LogP) is 2.99. The lowest BCUT2D eigenvalue weighted by atomic mass is 10.2. The third-order valence-electron chi connectivity index (χ3n) is 2.51. The highest BCUT2D eigenvalue weighted by Crippen LogP contribution is 2.07. The molecule has 0 spiro atoms. The molecule has 0 aliphatic heterocycles. The molecular weight excluding hydrogens is 229 g/mol. The van der Waals surface area contributed by atoms with Gasteiger partial charge in [-0.15, -0.1) is 0 Å². The molecule has 0 amide bonds. The third-order valence-corrected chi connectivity index (χ3v) is 2.51. The van der Waals surface area contributed by atoms with Gasteiger partial charge in [-0.2, -0.15) is 0 Å². The van der Waals surface area contributed by atoms with Gasteiger partial charge < -0.3 is 10.1 Å². The first-order chi connectivity index (χ1) is 8.84. The van der Waals surface area contributed by atoms with E-state index in [-0.39, 0.29) is 5.82 Å². The molecule has 0 aliphatic rings. The fourth-order valence-corrected chi connectivity index (χ4v) is 1.64. The van der Waals surface area contributed by atoms with E-state index in [1.165, 1.54) is 12.1 Å². The number of benzene rings is 2. The van der Waals surface area contributed by atoms with Crippen LogP contribution in [0, 0.1) is 5.82 Å². The summed E-state index contributed by atoms with van der Waals surface area (Å²) in [6, 6.07) is 16.3. The van der Waals surface area contributed by atoms with Crippen LogP contribution in [0.4, 0.5) is 4.39 Å². The monoisotopic (exact) mass is 245 g/mol. The smallest absolute Gasteiger partial charge is 0.123 e. The number of halogens is 1. The van der Waals surface area contributed by atoms with Gasteiger partial charge in [0.25, 0.3) is 0 Å². The molecule has 2 aromatic carbocycles. The van der Waals surface area contributed by atoms with E-state index < -0.39 is 0 Å². The van der Waals surface area contributed by atoms with Gasteiger partial charge in [0, 0.05) is 13.1 Å². The van der Waals surface area contributed by atoms with Crippen molar-refractivity contribution in [3.8, 4) is 5.75 Å². The molecule has 2 aromatic rings. The number of hydrogen-bond acceptors (Lipinski definition) is 2. The van der Waals surface area contributed by atoms with Crippen LogP contribution in [0.3, 0.4) is 0 Å². The minimum Gasteiger partial charge on any atom is -0.492 e. The van der Waals surface area contributed by atoms with Crippen LogP contribution in [0.5, 0.6) is 5.75 Å². The Balaban J connectivity index is 1.65. The maximum absolute atomic E-state index is 12.9. The van der Waals surface area contributed by atoms with Crippen LogP contribution in [0.2, 0.25) is 0 Å². The lowest BCUT2D eigenvalue weighted by molar-refractivity contribution is 0.313. The first kappa shape index (κ1) is 12.6. The first-order valence-electron chi connectivity index (χ1n) is 5.97. The molecule has 18 heavy (non-hydrogen) atoms. The molecular formula is C15H16FNO. The minimum absolute atomic E-state index is 0.199. The molecule has 0 bridgehead atoms. The second kappa shape index (κ2) is 6.77. The summed E-state index contributed by atoms with van der Waals surface area (Å²) in [5, 5.41) is 3.21.